The molecular formula is C21H20FN5O2. The molecule has 2 aromatic carbocycles. The third kappa shape index (κ3) is 5.83. The lowest BCUT2D eigenvalue weighted by molar-refractivity contribution is -0.114. The van der Waals surface area contributed by atoms with Crippen LogP contribution in [0.5, 0.6) is 0 Å². The molecule has 8 heteroatoms. The van der Waals surface area contributed by atoms with Gasteiger partial charge in [-0.05, 0) is 48.9 Å². The molecule has 0 fully saturated rings. The number of amides is 2. The van der Waals surface area contributed by atoms with E-state index < -0.39 is 5.91 Å². The Morgan fingerprint density at radius 3 is 2.34 bits per heavy atom. The summed E-state index contributed by atoms with van der Waals surface area (Å²) in [5.74, 6) is -0.606. The van der Waals surface area contributed by atoms with E-state index in [1.807, 2.05) is 0 Å². The van der Waals surface area contributed by atoms with Crippen molar-refractivity contribution in [2.24, 2.45) is 0 Å². The highest BCUT2D eigenvalue weighted by Gasteiger charge is 2.11. The molecule has 0 bridgehead atoms. The molecule has 7 nitrogen and oxygen atoms in total. The molecule has 0 unspecified atom stereocenters. The molecule has 0 saturated heterocycles. The summed E-state index contributed by atoms with van der Waals surface area (Å²) in [5, 5.41) is 8.46. The number of benzene rings is 2. The lowest BCUT2D eigenvalue weighted by Gasteiger charge is -2.10. The van der Waals surface area contributed by atoms with Crippen molar-refractivity contribution in [3.63, 3.8) is 0 Å². The average molecular weight is 393 g/mol. The molecule has 1 aromatic heterocycles. The zero-order valence-electron chi connectivity index (χ0n) is 16.0. The Morgan fingerprint density at radius 2 is 1.66 bits per heavy atom. The summed E-state index contributed by atoms with van der Waals surface area (Å²) in [7, 11) is 0. The Morgan fingerprint density at radius 1 is 0.966 bits per heavy atom. The van der Waals surface area contributed by atoms with Gasteiger partial charge in [-0.15, -0.1) is 0 Å². The van der Waals surface area contributed by atoms with Gasteiger partial charge >= 0.3 is 0 Å². The lowest BCUT2D eigenvalue weighted by Crippen LogP contribution is -2.16. The van der Waals surface area contributed by atoms with Crippen LogP contribution in [0.25, 0.3) is 0 Å². The molecule has 0 saturated carbocycles. The maximum atomic E-state index is 13.0. The monoisotopic (exact) mass is 393 g/mol. The maximum Gasteiger partial charge on any atom is 0.274 e. The van der Waals surface area contributed by atoms with Gasteiger partial charge in [0, 0.05) is 30.5 Å². The summed E-state index contributed by atoms with van der Waals surface area (Å²) in [4.78, 5) is 32.3. The van der Waals surface area contributed by atoms with Gasteiger partial charge in [-0.2, -0.15) is 0 Å². The Balaban J connectivity index is 1.70. The number of hydrogen-bond donors (Lipinski definition) is 3. The number of hydrogen-bond acceptors (Lipinski definition) is 5. The third-order valence-corrected chi connectivity index (χ3v) is 3.89. The Bertz CT molecular complexity index is 1040. The standard InChI is InChI=1S/C21H20FN5O2/c1-13-10-19(20(29)26-18-5-3-4-17(11-18)25-14(2)28)27-21(24-13)23-12-15-6-8-16(22)9-7-15/h3-11H,12H2,1-2H3,(H,25,28)(H,26,29)(H,23,24,27). The molecule has 0 aliphatic carbocycles. The van der Waals surface area contributed by atoms with Gasteiger partial charge in [0.05, 0.1) is 0 Å². The molecule has 2 amide bonds. The number of anilines is 3. The van der Waals surface area contributed by atoms with Crippen molar-refractivity contribution in [3.05, 3.63) is 77.4 Å². The van der Waals surface area contributed by atoms with E-state index >= 15 is 0 Å². The Labute approximate surface area is 167 Å². The average Bonchev–Trinajstić information content (AvgIpc) is 2.67. The predicted octanol–water partition coefficient (Wildman–Crippen LogP) is 3.75. The summed E-state index contributed by atoms with van der Waals surface area (Å²) >= 11 is 0. The van der Waals surface area contributed by atoms with Crippen molar-refractivity contribution in [3.8, 4) is 0 Å². The van der Waals surface area contributed by atoms with Gasteiger partial charge in [0.2, 0.25) is 11.9 Å². The molecule has 0 radical (unpaired) electrons. The number of halogens is 1. The van der Waals surface area contributed by atoms with Gasteiger partial charge < -0.3 is 16.0 Å². The van der Waals surface area contributed by atoms with Crippen LogP contribution in [0.1, 0.15) is 28.7 Å². The maximum absolute atomic E-state index is 13.0. The zero-order chi connectivity index (χ0) is 20.8. The van der Waals surface area contributed by atoms with E-state index in [-0.39, 0.29) is 17.4 Å². The fourth-order valence-electron chi connectivity index (χ4n) is 2.62. The molecule has 3 rings (SSSR count). The third-order valence-electron chi connectivity index (χ3n) is 3.89. The first-order valence-corrected chi connectivity index (χ1v) is 8.92. The highest BCUT2D eigenvalue weighted by Crippen LogP contribution is 2.16. The second-order valence-electron chi connectivity index (χ2n) is 6.41. The molecule has 1 heterocycles. The Kier molecular flexibility index (Phi) is 6.13. The van der Waals surface area contributed by atoms with Gasteiger partial charge in [0.1, 0.15) is 11.5 Å². The zero-order valence-corrected chi connectivity index (χ0v) is 16.0. The summed E-state index contributed by atoms with van der Waals surface area (Å²) in [6.45, 7) is 3.57. The summed E-state index contributed by atoms with van der Waals surface area (Å²) in [6, 6.07) is 14.5. The van der Waals surface area contributed by atoms with E-state index in [2.05, 4.69) is 25.9 Å². The Hall–Kier alpha value is -3.81. The van der Waals surface area contributed by atoms with Crippen molar-refractivity contribution in [1.29, 1.82) is 0 Å². The van der Waals surface area contributed by atoms with Crippen LogP contribution >= 0.6 is 0 Å². The van der Waals surface area contributed by atoms with Crippen LogP contribution in [0.15, 0.2) is 54.6 Å². The molecule has 0 aliphatic heterocycles. The van der Waals surface area contributed by atoms with Crippen molar-refractivity contribution >= 4 is 29.1 Å². The molecule has 0 atom stereocenters. The minimum Gasteiger partial charge on any atom is -0.350 e. The predicted molar refractivity (Wildman–Crippen MR) is 109 cm³/mol. The van der Waals surface area contributed by atoms with E-state index in [1.165, 1.54) is 19.1 Å². The van der Waals surface area contributed by atoms with Crippen molar-refractivity contribution in [2.45, 2.75) is 20.4 Å². The molecule has 29 heavy (non-hydrogen) atoms. The first kappa shape index (κ1) is 19.9. The largest absolute Gasteiger partial charge is 0.350 e. The summed E-state index contributed by atoms with van der Waals surface area (Å²) in [5.41, 5.74) is 2.79. The quantitative estimate of drug-likeness (QED) is 0.593. The summed E-state index contributed by atoms with van der Waals surface area (Å²) < 4.78 is 13.0. The number of carbonyl (C=O) groups is 2. The van der Waals surface area contributed by atoms with Gasteiger partial charge in [-0.1, -0.05) is 18.2 Å². The minimum atomic E-state index is -0.402. The van der Waals surface area contributed by atoms with Crippen LogP contribution in [0.2, 0.25) is 0 Å². The van der Waals surface area contributed by atoms with E-state index in [0.29, 0.717) is 29.6 Å². The lowest BCUT2D eigenvalue weighted by atomic mass is 10.2. The first-order valence-electron chi connectivity index (χ1n) is 8.92. The van der Waals surface area contributed by atoms with E-state index in [1.54, 1.807) is 49.4 Å². The number of nitrogens with zero attached hydrogens (tertiary/aromatic N) is 2. The second-order valence-corrected chi connectivity index (χ2v) is 6.41. The molecule has 3 aromatic rings. The fraction of sp³-hybridized carbons (Fsp3) is 0.143. The summed E-state index contributed by atoms with van der Waals surface area (Å²) in [6.07, 6.45) is 0. The van der Waals surface area contributed by atoms with Gasteiger partial charge in [0.25, 0.3) is 5.91 Å². The molecule has 148 valence electrons. The van der Waals surface area contributed by atoms with Crippen LogP contribution in [0.4, 0.5) is 21.7 Å². The number of rotatable bonds is 6. The smallest absolute Gasteiger partial charge is 0.274 e. The highest BCUT2D eigenvalue weighted by molar-refractivity contribution is 6.03. The van der Waals surface area contributed by atoms with Crippen LogP contribution in [-0.2, 0) is 11.3 Å². The number of aryl methyl sites for hydroxylation is 1. The van der Waals surface area contributed by atoms with E-state index in [0.717, 1.165) is 5.56 Å². The number of carbonyl (C=O) groups excluding carboxylic acids is 2. The van der Waals surface area contributed by atoms with Gasteiger partial charge in [-0.25, -0.2) is 14.4 Å². The van der Waals surface area contributed by atoms with E-state index in [9.17, 15) is 14.0 Å². The van der Waals surface area contributed by atoms with Crippen molar-refractivity contribution in [1.82, 2.24) is 9.97 Å². The van der Waals surface area contributed by atoms with Crippen LogP contribution < -0.4 is 16.0 Å². The number of aromatic nitrogens is 2. The van der Waals surface area contributed by atoms with Crippen molar-refractivity contribution in [2.75, 3.05) is 16.0 Å². The van der Waals surface area contributed by atoms with Gasteiger partial charge in [-0.3, -0.25) is 9.59 Å². The highest BCUT2D eigenvalue weighted by atomic mass is 19.1. The SMILES string of the molecule is CC(=O)Nc1cccc(NC(=O)c2cc(C)nc(NCc3ccc(F)cc3)n2)c1. The van der Waals surface area contributed by atoms with Crippen molar-refractivity contribution < 1.29 is 14.0 Å². The topological polar surface area (TPSA) is 96.0 Å². The molecule has 0 aliphatic rings. The normalized spacial score (nSPS) is 10.3. The minimum absolute atomic E-state index is 0.197. The molecule has 3 N–H and O–H groups in total. The van der Waals surface area contributed by atoms with Crippen LogP contribution in [-0.4, -0.2) is 21.8 Å². The number of nitrogens with one attached hydrogen (secondary N) is 3. The fourth-order valence-corrected chi connectivity index (χ4v) is 2.62. The molecular weight excluding hydrogens is 373 g/mol. The van der Waals surface area contributed by atoms with Crippen LogP contribution in [0.3, 0.4) is 0 Å². The van der Waals surface area contributed by atoms with Crippen LogP contribution in [0, 0.1) is 12.7 Å². The van der Waals surface area contributed by atoms with E-state index in [4.69, 9.17) is 0 Å². The second kappa shape index (κ2) is 8.92. The van der Waals surface area contributed by atoms with Gasteiger partial charge in [0.15, 0.2) is 0 Å². The molecule has 0 spiro atoms. The first-order chi connectivity index (χ1) is 13.9.